The van der Waals surface area contributed by atoms with Crippen molar-refractivity contribution in [3.05, 3.63) is 33.8 Å². The summed E-state index contributed by atoms with van der Waals surface area (Å²) in [5.74, 6) is 0. The first-order chi connectivity index (χ1) is 8.58. The lowest BCUT2D eigenvalue weighted by atomic mass is 10.1. The summed E-state index contributed by atoms with van der Waals surface area (Å²) in [7, 11) is 0. The van der Waals surface area contributed by atoms with Crippen molar-refractivity contribution in [2.75, 3.05) is 6.54 Å². The number of halogens is 2. The van der Waals surface area contributed by atoms with Gasteiger partial charge in [-0.1, -0.05) is 35.3 Å². The third-order valence-corrected chi connectivity index (χ3v) is 4.38. The minimum atomic E-state index is -0.245. The first kappa shape index (κ1) is 14.1. The molecule has 1 fully saturated rings. The summed E-state index contributed by atoms with van der Waals surface area (Å²) < 4.78 is 0. The minimum absolute atomic E-state index is 0.245. The van der Waals surface area contributed by atoms with Crippen molar-refractivity contribution in [3.8, 4) is 0 Å². The van der Waals surface area contributed by atoms with Crippen LogP contribution in [0.5, 0.6) is 0 Å². The minimum Gasteiger partial charge on any atom is -0.393 e. The molecule has 0 spiro atoms. The Morgan fingerprint density at radius 3 is 2.94 bits per heavy atom. The molecule has 100 valence electrons. The molecular formula is C14H19Cl2NO. The average molecular weight is 288 g/mol. The fourth-order valence-corrected chi connectivity index (χ4v) is 3.03. The molecule has 1 heterocycles. The van der Waals surface area contributed by atoms with Gasteiger partial charge in [-0.15, -0.1) is 0 Å². The predicted molar refractivity (Wildman–Crippen MR) is 76.2 cm³/mol. The van der Waals surface area contributed by atoms with E-state index in [0.717, 1.165) is 31.5 Å². The summed E-state index contributed by atoms with van der Waals surface area (Å²) >= 11 is 12.2. The molecule has 4 heteroatoms. The lowest BCUT2D eigenvalue weighted by Gasteiger charge is -2.26. The van der Waals surface area contributed by atoms with Crippen LogP contribution in [-0.4, -0.2) is 28.7 Å². The zero-order valence-electron chi connectivity index (χ0n) is 10.6. The van der Waals surface area contributed by atoms with E-state index < -0.39 is 0 Å². The molecule has 1 N–H and O–H groups in total. The van der Waals surface area contributed by atoms with Crippen LogP contribution in [-0.2, 0) is 6.54 Å². The highest BCUT2D eigenvalue weighted by molar-refractivity contribution is 6.42. The van der Waals surface area contributed by atoms with E-state index in [9.17, 15) is 5.11 Å². The average Bonchev–Trinajstić information content (AvgIpc) is 2.72. The fourth-order valence-electron chi connectivity index (χ4n) is 2.65. The lowest BCUT2D eigenvalue weighted by molar-refractivity contribution is 0.131. The Kier molecular flexibility index (Phi) is 4.91. The second-order valence-electron chi connectivity index (χ2n) is 5.06. The molecule has 2 atom stereocenters. The molecule has 1 aromatic rings. The Morgan fingerprint density at radius 1 is 1.44 bits per heavy atom. The van der Waals surface area contributed by atoms with Gasteiger partial charge in [0.25, 0.3) is 0 Å². The van der Waals surface area contributed by atoms with Gasteiger partial charge in [0.1, 0.15) is 0 Å². The largest absolute Gasteiger partial charge is 0.393 e. The Balaban J connectivity index is 2.06. The van der Waals surface area contributed by atoms with Gasteiger partial charge in [-0.05, 0) is 44.4 Å². The fraction of sp³-hybridized carbons (Fsp3) is 0.571. The van der Waals surface area contributed by atoms with Crippen LogP contribution < -0.4 is 0 Å². The van der Waals surface area contributed by atoms with E-state index in [1.54, 1.807) is 0 Å². The highest BCUT2D eigenvalue weighted by atomic mass is 35.5. The number of likely N-dealkylation sites (tertiary alicyclic amines) is 1. The third-order valence-electron chi connectivity index (χ3n) is 3.52. The van der Waals surface area contributed by atoms with Crippen molar-refractivity contribution in [3.63, 3.8) is 0 Å². The van der Waals surface area contributed by atoms with Crippen LogP contribution in [0.2, 0.25) is 10.0 Å². The molecule has 1 aliphatic heterocycles. The number of nitrogens with zero attached hydrogens (tertiary/aromatic N) is 1. The van der Waals surface area contributed by atoms with Crippen molar-refractivity contribution in [2.45, 2.75) is 44.9 Å². The van der Waals surface area contributed by atoms with Crippen LogP contribution in [0, 0.1) is 0 Å². The number of aliphatic hydroxyl groups is 1. The lowest BCUT2D eigenvalue weighted by Crippen LogP contribution is -2.31. The van der Waals surface area contributed by atoms with Crippen LogP contribution in [0.25, 0.3) is 0 Å². The Hall–Kier alpha value is -0.280. The number of benzene rings is 1. The summed E-state index contributed by atoms with van der Waals surface area (Å²) in [4.78, 5) is 2.39. The Morgan fingerprint density at radius 2 is 2.22 bits per heavy atom. The molecule has 0 aromatic heterocycles. The molecule has 0 radical (unpaired) electrons. The third kappa shape index (κ3) is 3.39. The van der Waals surface area contributed by atoms with Gasteiger partial charge in [0.15, 0.2) is 0 Å². The maximum atomic E-state index is 9.52. The van der Waals surface area contributed by atoms with Crippen LogP contribution in [0.4, 0.5) is 0 Å². The van der Waals surface area contributed by atoms with Gasteiger partial charge in [-0.3, -0.25) is 4.90 Å². The number of aliphatic hydroxyl groups excluding tert-OH is 1. The van der Waals surface area contributed by atoms with Crippen molar-refractivity contribution in [2.24, 2.45) is 0 Å². The standard InChI is InChI=1S/C14H19Cl2NO/c1-10(18)8-12-5-3-7-17(12)9-11-4-2-6-13(15)14(11)16/h2,4,6,10,12,18H,3,5,7-9H2,1H3. The molecule has 2 rings (SSSR count). The molecule has 18 heavy (non-hydrogen) atoms. The van der Waals surface area contributed by atoms with Gasteiger partial charge < -0.3 is 5.11 Å². The summed E-state index contributed by atoms with van der Waals surface area (Å²) in [6, 6.07) is 6.22. The molecule has 0 amide bonds. The molecule has 1 aromatic carbocycles. The SMILES string of the molecule is CC(O)CC1CCCN1Cc1cccc(Cl)c1Cl. The summed E-state index contributed by atoms with van der Waals surface area (Å²) in [6.07, 6.45) is 2.93. The summed E-state index contributed by atoms with van der Waals surface area (Å²) in [5.41, 5.74) is 1.07. The van der Waals surface area contributed by atoms with E-state index in [1.165, 1.54) is 6.42 Å². The van der Waals surface area contributed by atoms with Gasteiger partial charge in [0, 0.05) is 12.6 Å². The second-order valence-corrected chi connectivity index (χ2v) is 5.85. The van der Waals surface area contributed by atoms with Crippen LogP contribution in [0.15, 0.2) is 18.2 Å². The quantitative estimate of drug-likeness (QED) is 0.912. The van der Waals surface area contributed by atoms with E-state index in [1.807, 2.05) is 25.1 Å². The van der Waals surface area contributed by atoms with Crippen molar-refractivity contribution >= 4 is 23.2 Å². The molecular weight excluding hydrogens is 269 g/mol. The van der Waals surface area contributed by atoms with Crippen molar-refractivity contribution in [1.82, 2.24) is 4.90 Å². The normalized spacial score (nSPS) is 22.3. The van der Waals surface area contributed by atoms with Crippen LogP contribution in [0.3, 0.4) is 0 Å². The topological polar surface area (TPSA) is 23.5 Å². The van der Waals surface area contributed by atoms with Crippen molar-refractivity contribution < 1.29 is 5.11 Å². The van der Waals surface area contributed by atoms with Gasteiger partial charge in [0.2, 0.25) is 0 Å². The molecule has 2 unspecified atom stereocenters. The predicted octanol–water partition coefficient (Wildman–Crippen LogP) is 3.73. The number of hydrogen-bond acceptors (Lipinski definition) is 2. The highest BCUT2D eigenvalue weighted by Gasteiger charge is 2.26. The first-order valence-corrected chi connectivity index (χ1v) is 7.18. The molecule has 1 saturated heterocycles. The van der Waals surface area contributed by atoms with Gasteiger partial charge in [0.05, 0.1) is 16.1 Å². The van der Waals surface area contributed by atoms with E-state index in [0.29, 0.717) is 16.1 Å². The van der Waals surface area contributed by atoms with Crippen molar-refractivity contribution in [1.29, 1.82) is 0 Å². The molecule has 0 bridgehead atoms. The van der Waals surface area contributed by atoms with Gasteiger partial charge >= 0.3 is 0 Å². The van der Waals surface area contributed by atoms with E-state index in [-0.39, 0.29) is 6.10 Å². The first-order valence-electron chi connectivity index (χ1n) is 6.43. The van der Waals surface area contributed by atoms with E-state index >= 15 is 0 Å². The monoisotopic (exact) mass is 287 g/mol. The second kappa shape index (κ2) is 6.25. The number of rotatable bonds is 4. The Labute approximate surface area is 119 Å². The molecule has 1 aliphatic rings. The molecule has 0 aliphatic carbocycles. The van der Waals surface area contributed by atoms with Gasteiger partial charge in [-0.2, -0.15) is 0 Å². The zero-order valence-corrected chi connectivity index (χ0v) is 12.1. The number of hydrogen-bond donors (Lipinski definition) is 1. The zero-order chi connectivity index (χ0) is 13.1. The molecule has 2 nitrogen and oxygen atoms in total. The van der Waals surface area contributed by atoms with Crippen LogP contribution in [0.1, 0.15) is 31.7 Å². The van der Waals surface area contributed by atoms with Gasteiger partial charge in [-0.25, -0.2) is 0 Å². The smallest absolute Gasteiger partial charge is 0.0637 e. The summed E-state index contributed by atoms with van der Waals surface area (Å²) in [6.45, 7) is 3.74. The van der Waals surface area contributed by atoms with E-state index in [4.69, 9.17) is 23.2 Å². The maximum Gasteiger partial charge on any atom is 0.0637 e. The maximum absolute atomic E-state index is 9.52. The Bertz CT molecular complexity index is 409. The molecule has 0 saturated carbocycles. The van der Waals surface area contributed by atoms with E-state index in [2.05, 4.69) is 4.90 Å². The summed E-state index contributed by atoms with van der Waals surface area (Å²) in [5, 5.41) is 10.8. The van der Waals surface area contributed by atoms with Crippen LogP contribution >= 0.6 is 23.2 Å². The highest BCUT2D eigenvalue weighted by Crippen LogP contribution is 2.29.